The fourth-order valence-electron chi connectivity index (χ4n) is 5.52. The highest BCUT2D eigenvalue weighted by Gasteiger charge is 2.46. The fourth-order valence-corrected chi connectivity index (χ4v) is 5.52. The third-order valence-electron chi connectivity index (χ3n) is 7.57. The minimum atomic E-state index is 0.330. The Labute approximate surface area is 199 Å². The third-order valence-corrected chi connectivity index (χ3v) is 7.57. The Bertz CT molecular complexity index is 1430. The minimum Gasteiger partial charge on any atom is -0.346 e. The average Bonchev–Trinajstić information content (AvgIpc) is 3.41. The molecule has 0 radical (unpaired) electrons. The molecule has 3 fully saturated rings. The number of aromatic nitrogens is 4. The molecule has 1 saturated carbocycles. The molecule has 34 heavy (non-hydrogen) atoms. The van der Waals surface area contributed by atoms with Crippen LogP contribution in [0.15, 0.2) is 48.8 Å². The predicted molar refractivity (Wildman–Crippen MR) is 133 cm³/mol. The Hall–Kier alpha value is -3.40. The van der Waals surface area contributed by atoms with Gasteiger partial charge in [0.1, 0.15) is 17.3 Å². The second kappa shape index (κ2) is 7.83. The molecule has 2 aliphatic heterocycles. The zero-order valence-electron chi connectivity index (χ0n) is 19.2. The van der Waals surface area contributed by atoms with Gasteiger partial charge in [-0.2, -0.15) is 0 Å². The maximum atomic E-state index is 4.70. The lowest BCUT2D eigenvalue weighted by molar-refractivity contribution is 0.543. The largest absolute Gasteiger partial charge is 0.346 e. The smallest absolute Gasteiger partial charge is 0.131 e. The van der Waals surface area contributed by atoms with Gasteiger partial charge in [0.15, 0.2) is 0 Å². The van der Waals surface area contributed by atoms with Crippen molar-refractivity contribution in [2.45, 2.75) is 44.3 Å². The summed E-state index contributed by atoms with van der Waals surface area (Å²) < 4.78 is 0. The Morgan fingerprint density at radius 3 is 2.71 bits per heavy atom. The number of benzene rings is 2. The molecule has 2 aromatic carbocycles. The Morgan fingerprint density at radius 1 is 0.941 bits per heavy atom. The summed E-state index contributed by atoms with van der Waals surface area (Å²) in [6.45, 7) is 3.34. The van der Waals surface area contributed by atoms with Crippen LogP contribution in [0.25, 0.3) is 22.0 Å². The number of nitrogens with zero attached hydrogens (tertiary/aromatic N) is 2. The van der Waals surface area contributed by atoms with Crippen molar-refractivity contribution >= 4 is 10.8 Å². The van der Waals surface area contributed by atoms with Crippen LogP contribution in [-0.4, -0.2) is 32.5 Å². The summed E-state index contributed by atoms with van der Waals surface area (Å²) in [6, 6.07) is 14.3. The predicted octanol–water partition coefficient (Wildman–Crippen LogP) is 4.45. The molecule has 0 amide bonds. The van der Waals surface area contributed by atoms with Crippen molar-refractivity contribution in [3.63, 3.8) is 0 Å². The van der Waals surface area contributed by atoms with Gasteiger partial charge in [-0.15, -0.1) is 0 Å². The second-order valence-corrected chi connectivity index (χ2v) is 10.2. The molecule has 5 atom stereocenters. The Balaban J connectivity index is 1.08. The van der Waals surface area contributed by atoms with E-state index < -0.39 is 0 Å². The van der Waals surface area contributed by atoms with E-state index in [1.807, 2.05) is 12.4 Å². The van der Waals surface area contributed by atoms with Crippen molar-refractivity contribution in [1.82, 2.24) is 30.6 Å². The van der Waals surface area contributed by atoms with Gasteiger partial charge < -0.3 is 20.6 Å². The van der Waals surface area contributed by atoms with Crippen LogP contribution in [0.2, 0.25) is 0 Å². The van der Waals surface area contributed by atoms with E-state index in [0.29, 0.717) is 24.0 Å². The summed E-state index contributed by atoms with van der Waals surface area (Å²) in [5, 5.41) is 9.56. The average molecular weight is 449 g/mol. The third kappa shape index (κ3) is 3.71. The summed E-state index contributed by atoms with van der Waals surface area (Å²) in [5.41, 5.74) is 4.01. The SMILES string of the molecule is C[C@H]1CN[C@H](c2ncc(-c3ccc4cc(C#Cc5c[nH]c([C@@H]6C[C@H]7CC7N6)n5)ccc4c3)[nH]2)C1. The van der Waals surface area contributed by atoms with Gasteiger partial charge in [-0.1, -0.05) is 31.0 Å². The van der Waals surface area contributed by atoms with Gasteiger partial charge in [0.2, 0.25) is 0 Å². The van der Waals surface area contributed by atoms with Gasteiger partial charge in [0.25, 0.3) is 0 Å². The lowest BCUT2D eigenvalue weighted by Gasteiger charge is -2.08. The first-order chi connectivity index (χ1) is 16.7. The number of hydrogen-bond acceptors (Lipinski definition) is 4. The van der Waals surface area contributed by atoms with E-state index in [1.54, 1.807) is 0 Å². The molecule has 7 rings (SSSR count). The number of aromatic amines is 2. The monoisotopic (exact) mass is 448 g/mol. The molecule has 1 aliphatic carbocycles. The first-order valence-electron chi connectivity index (χ1n) is 12.3. The van der Waals surface area contributed by atoms with Crippen LogP contribution in [0.4, 0.5) is 0 Å². The highest BCUT2D eigenvalue weighted by atomic mass is 15.1. The van der Waals surface area contributed by atoms with Gasteiger partial charge in [-0.05, 0) is 72.5 Å². The van der Waals surface area contributed by atoms with E-state index in [9.17, 15) is 0 Å². The molecule has 2 aromatic heterocycles. The normalized spacial score (nSPS) is 27.5. The molecule has 4 aromatic rings. The summed E-state index contributed by atoms with van der Waals surface area (Å²) in [4.78, 5) is 16.2. The summed E-state index contributed by atoms with van der Waals surface area (Å²) >= 11 is 0. The number of piperidine rings is 1. The summed E-state index contributed by atoms with van der Waals surface area (Å²) in [6.07, 6.45) is 7.51. The second-order valence-electron chi connectivity index (χ2n) is 10.2. The van der Waals surface area contributed by atoms with Gasteiger partial charge in [-0.25, -0.2) is 9.97 Å². The first-order valence-corrected chi connectivity index (χ1v) is 12.3. The molecule has 0 spiro atoms. The topological polar surface area (TPSA) is 81.4 Å². The van der Waals surface area contributed by atoms with E-state index in [4.69, 9.17) is 4.98 Å². The van der Waals surface area contributed by atoms with Crippen molar-refractivity contribution in [3.05, 3.63) is 71.7 Å². The molecule has 4 heterocycles. The number of H-pyrrole nitrogens is 2. The van der Waals surface area contributed by atoms with Crippen LogP contribution in [0.3, 0.4) is 0 Å². The number of rotatable bonds is 3. The van der Waals surface area contributed by atoms with Crippen molar-refractivity contribution in [3.8, 4) is 23.1 Å². The highest BCUT2D eigenvalue weighted by molar-refractivity contribution is 5.88. The molecule has 0 bridgehead atoms. The Morgan fingerprint density at radius 2 is 1.85 bits per heavy atom. The van der Waals surface area contributed by atoms with Crippen molar-refractivity contribution in [2.24, 2.45) is 11.8 Å². The maximum Gasteiger partial charge on any atom is 0.131 e. The van der Waals surface area contributed by atoms with E-state index in [2.05, 4.69) is 80.7 Å². The summed E-state index contributed by atoms with van der Waals surface area (Å²) in [5.74, 6) is 10.1. The lowest BCUT2D eigenvalue weighted by atomic mass is 10.0. The zero-order chi connectivity index (χ0) is 22.6. The van der Waals surface area contributed by atoms with E-state index in [0.717, 1.165) is 53.0 Å². The number of imidazole rings is 2. The molecule has 1 unspecified atom stereocenters. The van der Waals surface area contributed by atoms with Crippen LogP contribution in [-0.2, 0) is 0 Å². The van der Waals surface area contributed by atoms with Crippen LogP contribution in [0, 0.1) is 23.7 Å². The van der Waals surface area contributed by atoms with E-state index in [1.165, 1.54) is 23.6 Å². The molecule has 3 aliphatic rings. The molecule has 6 heteroatoms. The molecule has 170 valence electrons. The van der Waals surface area contributed by atoms with Gasteiger partial charge in [0.05, 0.1) is 24.0 Å². The molecule has 6 nitrogen and oxygen atoms in total. The van der Waals surface area contributed by atoms with Crippen molar-refractivity contribution in [2.75, 3.05) is 6.54 Å². The van der Waals surface area contributed by atoms with Crippen LogP contribution < -0.4 is 10.6 Å². The summed E-state index contributed by atoms with van der Waals surface area (Å²) in [7, 11) is 0. The van der Waals surface area contributed by atoms with Gasteiger partial charge in [0, 0.05) is 23.4 Å². The molecule has 4 N–H and O–H groups in total. The number of hydrogen-bond donors (Lipinski definition) is 4. The van der Waals surface area contributed by atoms with E-state index in [-0.39, 0.29) is 0 Å². The highest BCUT2D eigenvalue weighted by Crippen LogP contribution is 2.45. The first kappa shape index (κ1) is 20.0. The number of fused-ring (bicyclic) bond motifs is 2. The standard InChI is InChI=1S/C28H28N6/c1-16-8-24(29-13-16)27-31-15-26(34-27)20-6-5-18-9-17(2-4-19(18)10-20)3-7-22-14-30-28(32-22)25-12-21-11-23(21)33-25/h2,4-6,9-10,14-16,21,23-25,29,33H,8,11-13H2,1H3,(H,30,32)(H,31,34)/t16-,21-,23?,24+,25+/m1/s1. The van der Waals surface area contributed by atoms with Crippen molar-refractivity contribution in [1.29, 1.82) is 0 Å². The molecule has 2 saturated heterocycles. The molecular weight excluding hydrogens is 420 g/mol. The van der Waals surface area contributed by atoms with Gasteiger partial charge in [-0.3, -0.25) is 0 Å². The minimum absolute atomic E-state index is 0.330. The fraction of sp³-hybridized carbons (Fsp3) is 0.357. The van der Waals surface area contributed by atoms with Gasteiger partial charge >= 0.3 is 0 Å². The Kier molecular flexibility index (Phi) is 4.61. The number of nitrogens with one attached hydrogen (secondary N) is 4. The van der Waals surface area contributed by atoms with Crippen LogP contribution in [0.5, 0.6) is 0 Å². The lowest BCUT2D eigenvalue weighted by Crippen LogP contribution is -2.18. The van der Waals surface area contributed by atoms with Crippen LogP contribution >= 0.6 is 0 Å². The van der Waals surface area contributed by atoms with E-state index >= 15 is 0 Å². The van der Waals surface area contributed by atoms with Crippen LogP contribution in [0.1, 0.15) is 61.2 Å². The molecular formula is C28H28N6. The maximum absolute atomic E-state index is 4.70. The van der Waals surface area contributed by atoms with Crippen molar-refractivity contribution < 1.29 is 0 Å². The quantitative estimate of drug-likeness (QED) is 0.349. The zero-order valence-corrected chi connectivity index (χ0v) is 19.2.